The lowest BCUT2D eigenvalue weighted by atomic mass is 10.2. The van der Waals surface area contributed by atoms with Gasteiger partial charge in [0.2, 0.25) is 0 Å². The number of carboxylic acids is 2. The zero-order valence-electron chi connectivity index (χ0n) is 15.5. The molecule has 2 aromatic carbocycles. The highest BCUT2D eigenvalue weighted by Crippen LogP contribution is 2.40. The molecule has 28 heavy (non-hydrogen) atoms. The summed E-state index contributed by atoms with van der Waals surface area (Å²) >= 11 is 0. The minimum absolute atomic E-state index is 0. The van der Waals surface area contributed by atoms with E-state index in [2.05, 4.69) is 12.2 Å². The quantitative estimate of drug-likeness (QED) is 0.394. The maximum absolute atomic E-state index is 11.1. The van der Waals surface area contributed by atoms with Gasteiger partial charge in [-0.3, -0.25) is 0 Å². The third-order valence-corrected chi connectivity index (χ3v) is 5.75. The second-order valence-electron chi connectivity index (χ2n) is 5.34. The number of aliphatic hydroxyl groups excluding tert-OH is 1. The van der Waals surface area contributed by atoms with Crippen LogP contribution in [0.15, 0.2) is 58.3 Å². The van der Waals surface area contributed by atoms with Gasteiger partial charge in [-0.2, -0.15) is 0 Å². The first kappa shape index (κ1) is 26.0. The van der Waals surface area contributed by atoms with Crippen molar-refractivity contribution in [3.8, 4) is 0 Å². The summed E-state index contributed by atoms with van der Waals surface area (Å²) in [4.78, 5) is 23.2. The Morgan fingerprint density at radius 1 is 0.964 bits per heavy atom. The van der Waals surface area contributed by atoms with E-state index in [0.29, 0.717) is 16.4 Å². The third kappa shape index (κ3) is 9.25. The van der Waals surface area contributed by atoms with Gasteiger partial charge in [-0.15, -0.1) is 0 Å². The predicted molar refractivity (Wildman–Crippen MR) is 109 cm³/mol. The van der Waals surface area contributed by atoms with E-state index in [1.54, 1.807) is 36.4 Å². The summed E-state index contributed by atoms with van der Waals surface area (Å²) in [6, 6.07) is 13.0. The molecule has 0 spiro atoms. The zero-order valence-corrected chi connectivity index (χ0v) is 17.1. The van der Waals surface area contributed by atoms with Crippen LogP contribution in [0.3, 0.4) is 0 Å². The molecule has 0 aliphatic rings. The molecular formula is C19H25NO6S2. The van der Waals surface area contributed by atoms with Gasteiger partial charge in [0.25, 0.3) is 0 Å². The average Bonchev–Trinajstić information content (AvgIpc) is 2.67. The number of carboxylic acid groups (broad SMARTS) is 2. The minimum Gasteiger partial charge on any atom is -0.545 e. The fourth-order valence-electron chi connectivity index (χ4n) is 1.95. The second-order valence-corrected chi connectivity index (χ2v) is 7.55. The van der Waals surface area contributed by atoms with Crippen LogP contribution in [0.25, 0.3) is 0 Å². The molecule has 0 aliphatic heterocycles. The molecule has 7 nitrogen and oxygen atoms in total. The van der Waals surface area contributed by atoms with Crippen molar-refractivity contribution in [2.24, 2.45) is 0 Å². The molecule has 0 aliphatic carbocycles. The number of hydrogen-bond donors (Lipinski definition) is 3. The first-order valence-corrected chi connectivity index (χ1v) is 10.6. The lowest BCUT2D eigenvalue weighted by Crippen LogP contribution is -2.85. The molecule has 0 aromatic heterocycles. The van der Waals surface area contributed by atoms with E-state index in [9.17, 15) is 14.7 Å². The first-order chi connectivity index (χ1) is 13.0. The Kier molecular flexibility index (Phi) is 13.9. The van der Waals surface area contributed by atoms with Crippen LogP contribution < -0.4 is 10.4 Å². The molecule has 0 fully saturated rings. The van der Waals surface area contributed by atoms with E-state index in [-0.39, 0.29) is 16.6 Å². The Morgan fingerprint density at radius 3 is 1.93 bits per heavy atom. The molecule has 0 unspecified atom stereocenters. The van der Waals surface area contributed by atoms with Gasteiger partial charge in [0.1, 0.15) is 0 Å². The second kappa shape index (κ2) is 14.9. The Morgan fingerprint density at radius 2 is 1.46 bits per heavy atom. The molecule has 0 saturated carbocycles. The van der Waals surface area contributed by atoms with Crippen molar-refractivity contribution in [1.29, 1.82) is 0 Å². The van der Waals surface area contributed by atoms with Gasteiger partial charge in [0, 0.05) is 15.4 Å². The van der Waals surface area contributed by atoms with E-state index < -0.39 is 11.9 Å². The summed E-state index contributed by atoms with van der Waals surface area (Å²) in [5.41, 5.74) is 0.286. The van der Waals surface area contributed by atoms with Crippen LogP contribution in [0.2, 0.25) is 0 Å². The lowest BCUT2D eigenvalue weighted by Gasteiger charge is -2.09. The topological polar surface area (TPSA) is 146 Å². The number of quaternary nitrogens is 1. The number of rotatable bonds is 9. The molecule has 2 aromatic rings. The summed E-state index contributed by atoms with van der Waals surface area (Å²) in [5, 5.41) is 30.4. The summed E-state index contributed by atoms with van der Waals surface area (Å²) in [6.07, 6.45) is 1.19. The van der Waals surface area contributed by atoms with Crippen LogP contribution >= 0.6 is 21.6 Å². The van der Waals surface area contributed by atoms with Gasteiger partial charge in [-0.25, -0.2) is 4.79 Å². The van der Waals surface area contributed by atoms with Crippen molar-refractivity contribution in [3.05, 3.63) is 59.7 Å². The largest absolute Gasteiger partial charge is 0.545 e. The summed E-state index contributed by atoms with van der Waals surface area (Å²) < 4.78 is 0. The van der Waals surface area contributed by atoms with E-state index in [0.717, 1.165) is 13.1 Å². The van der Waals surface area contributed by atoms with Crippen LogP contribution in [0.1, 0.15) is 34.1 Å². The Hall–Kier alpha value is -2.04. The maximum atomic E-state index is 11.1. The minimum atomic E-state index is -1.25. The van der Waals surface area contributed by atoms with E-state index in [4.69, 9.17) is 10.2 Å². The zero-order chi connectivity index (χ0) is 20.1. The van der Waals surface area contributed by atoms with E-state index >= 15 is 0 Å². The van der Waals surface area contributed by atoms with Crippen molar-refractivity contribution >= 4 is 33.5 Å². The van der Waals surface area contributed by atoms with Crippen molar-refractivity contribution in [1.82, 2.24) is 0 Å². The molecule has 0 heterocycles. The molecular weight excluding hydrogens is 402 g/mol. The fourth-order valence-corrected chi connectivity index (χ4v) is 4.30. The molecule has 0 amide bonds. The van der Waals surface area contributed by atoms with Crippen molar-refractivity contribution in [2.75, 3.05) is 19.7 Å². The summed E-state index contributed by atoms with van der Waals surface area (Å²) in [7, 11) is 2.40. The normalized spacial score (nSPS) is 9.64. The number of carbonyl (C=O) groups is 2. The average molecular weight is 428 g/mol. The van der Waals surface area contributed by atoms with Gasteiger partial charge in [-0.05, 0) is 24.6 Å². The third-order valence-electron chi connectivity index (χ3n) is 3.27. The number of hydrogen-bond acceptors (Lipinski definition) is 6. The number of aromatic carboxylic acids is 2. The fraction of sp³-hybridized carbons (Fsp3) is 0.263. The number of carbonyl (C=O) groups excluding carboxylic acids is 1. The Balaban J connectivity index is 0.000000786. The van der Waals surface area contributed by atoms with Gasteiger partial charge >= 0.3 is 5.97 Å². The highest BCUT2D eigenvalue weighted by atomic mass is 33.1. The number of aliphatic hydroxyl groups is 1. The van der Waals surface area contributed by atoms with E-state index in [1.165, 1.54) is 40.1 Å². The molecule has 0 bridgehead atoms. The van der Waals surface area contributed by atoms with Gasteiger partial charge in [-0.1, -0.05) is 58.8 Å². The van der Waals surface area contributed by atoms with Gasteiger partial charge < -0.3 is 30.9 Å². The lowest BCUT2D eigenvalue weighted by molar-refractivity contribution is -0.655. The molecule has 6 N–H and O–H groups in total. The van der Waals surface area contributed by atoms with Crippen LogP contribution in [-0.2, 0) is 0 Å². The molecule has 0 radical (unpaired) electrons. The SMILES string of the molecule is CCC[NH2+]CCO.O.O=C([O-])c1ccccc1SSc1ccccc1C(=O)O. The van der Waals surface area contributed by atoms with E-state index in [1.807, 2.05) is 0 Å². The van der Waals surface area contributed by atoms with Gasteiger partial charge in [0.05, 0.1) is 31.2 Å². The van der Waals surface area contributed by atoms with Crippen LogP contribution in [0.5, 0.6) is 0 Å². The summed E-state index contributed by atoms with van der Waals surface area (Å²) in [5.74, 6) is -2.26. The van der Waals surface area contributed by atoms with Crippen molar-refractivity contribution in [3.63, 3.8) is 0 Å². The number of nitrogens with two attached hydrogens (primary N) is 1. The maximum Gasteiger partial charge on any atom is 0.336 e. The number of benzene rings is 2. The molecule has 154 valence electrons. The Labute approximate surface area is 171 Å². The highest BCUT2D eigenvalue weighted by Gasteiger charge is 2.11. The molecule has 0 atom stereocenters. The molecule has 2 rings (SSSR count). The van der Waals surface area contributed by atoms with Crippen LogP contribution in [0.4, 0.5) is 0 Å². The van der Waals surface area contributed by atoms with Crippen LogP contribution in [0, 0.1) is 0 Å². The van der Waals surface area contributed by atoms with Crippen molar-refractivity contribution in [2.45, 2.75) is 23.1 Å². The highest BCUT2D eigenvalue weighted by molar-refractivity contribution is 8.76. The Bertz CT molecular complexity index is 680. The van der Waals surface area contributed by atoms with Gasteiger partial charge in [0.15, 0.2) is 0 Å². The van der Waals surface area contributed by atoms with Crippen LogP contribution in [-0.4, -0.2) is 47.3 Å². The first-order valence-electron chi connectivity index (χ1n) is 8.41. The smallest absolute Gasteiger partial charge is 0.336 e. The predicted octanol–water partition coefficient (Wildman–Crippen LogP) is 0.675. The standard InChI is InChI=1S/C14H10O4S2.C5H13NO.H2O/c15-13(16)9-5-1-3-7-11(9)19-20-12-8-4-2-6-10(12)14(17)18;1-2-3-6-4-5-7;/h1-8H,(H,15,16)(H,17,18);6-7H,2-5H2,1H3;1H2. The monoisotopic (exact) mass is 427 g/mol. The van der Waals surface area contributed by atoms with Crippen molar-refractivity contribution < 1.29 is 35.7 Å². The molecule has 9 heteroatoms. The summed E-state index contributed by atoms with van der Waals surface area (Å²) in [6.45, 7) is 4.43. The molecule has 0 saturated heterocycles.